The quantitative estimate of drug-likeness (QED) is 0.867. The van der Waals surface area contributed by atoms with Crippen molar-refractivity contribution in [2.24, 2.45) is 11.8 Å². The molecule has 0 aliphatic heterocycles. The molecule has 1 amide bonds. The van der Waals surface area contributed by atoms with E-state index in [-0.39, 0.29) is 16.9 Å². The van der Waals surface area contributed by atoms with Crippen molar-refractivity contribution >= 4 is 5.91 Å². The van der Waals surface area contributed by atoms with Gasteiger partial charge in [-0.25, -0.2) is 0 Å². The van der Waals surface area contributed by atoms with Crippen LogP contribution in [0, 0.1) is 11.8 Å². The van der Waals surface area contributed by atoms with Crippen LogP contribution in [0.25, 0.3) is 0 Å². The Bertz CT molecular complexity index is 768. The monoisotopic (exact) mass is 331 g/mol. The van der Waals surface area contributed by atoms with Crippen LogP contribution in [0.3, 0.4) is 0 Å². The lowest BCUT2D eigenvalue weighted by Gasteiger charge is -2.62. The molecule has 0 unspecified atom stereocenters. The second-order valence-corrected chi connectivity index (χ2v) is 8.71. The Labute approximate surface area is 149 Å². The molecule has 0 heterocycles. The summed E-state index contributed by atoms with van der Waals surface area (Å²) in [6.07, 6.45) is 7.40. The van der Waals surface area contributed by atoms with Crippen LogP contribution >= 0.6 is 0 Å². The Kier molecular flexibility index (Phi) is 3.31. The highest BCUT2D eigenvalue weighted by Gasteiger charge is 2.58. The molecule has 4 bridgehead atoms. The zero-order valence-electron chi connectivity index (χ0n) is 14.6. The van der Waals surface area contributed by atoms with E-state index in [9.17, 15) is 4.79 Å². The van der Waals surface area contributed by atoms with E-state index in [1.807, 2.05) is 30.3 Å². The van der Waals surface area contributed by atoms with Gasteiger partial charge in [0.1, 0.15) is 0 Å². The summed E-state index contributed by atoms with van der Waals surface area (Å²) in [5, 5.41) is 3.50. The highest BCUT2D eigenvalue weighted by molar-refractivity contribution is 5.94. The van der Waals surface area contributed by atoms with Gasteiger partial charge in [-0.3, -0.25) is 4.79 Å². The summed E-state index contributed by atoms with van der Waals surface area (Å²) in [4.78, 5) is 12.9. The summed E-state index contributed by atoms with van der Waals surface area (Å²) >= 11 is 0. The third-order valence-corrected chi connectivity index (χ3v) is 6.86. The zero-order valence-corrected chi connectivity index (χ0v) is 14.6. The molecule has 4 fully saturated rings. The Balaban J connectivity index is 1.47. The van der Waals surface area contributed by atoms with Gasteiger partial charge < -0.3 is 5.32 Å². The number of amides is 1. The third-order valence-electron chi connectivity index (χ3n) is 6.86. The lowest BCUT2D eigenvalue weighted by molar-refractivity contribution is -0.0371. The number of hydrogen-bond donors (Lipinski definition) is 1. The largest absolute Gasteiger partial charge is 0.347 e. The minimum absolute atomic E-state index is 0.00709. The van der Waals surface area contributed by atoms with Gasteiger partial charge in [-0.05, 0) is 73.5 Å². The molecule has 0 saturated heterocycles. The summed E-state index contributed by atoms with van der Waals surface area (Å²) in [5.41, 5.74) is 2.54. The lowest BCUT2D eigenvalue weighted by Crippen LogP contribution is -2.64. The fraction of sp³-hybridized carbons (Fsp3) is 0.435. The summed E-state index contributed by atoms with van der Waals surface area (Å²) in [6, 6.07) is 20.8. The minimum atomic E-state index is -0.00709. The molecule has 0 aromatic heterocycles. The third kappa shape index (κ3) is 2.50. The number of carbonyl (C=O) groups is 1. The van der Waals surface area contributed by atoms with Crippen LogP contribution in [0.4, 0.5) is 0 Å². The molecule has 0 radical (unpaired) electrons. The van der Waals surface area contributed by atoms with Crippen molar-refractivity contribution in [2.45, 2.75) is 49.5 Å². The Hall–Kier alpha value is -2.09. The molecule has 6 rings (SSSR count). The smallest absolute Gasteiger partial charge is 0.251 e. The van der Waals surface area contributed by atoms with Gasteiger partial charge in [0.25, 0.3) is 5.91 Å². The van der Waals surface area contributed by atoms with Gasteiger partial charge in [0.2, 0.25) is 0 Å². The first-order valence-electron chi connectivity index (χ1n) is 9.60. The van der Waals surface area contributed by atoms with Gasteiger partial charge in [-0.1, -0.05) is 48.5 Å². The fourth-order valence-corrected chi connectivity index (χ4v) is 6.44. The summed E-state index contributed by atoms with van der Waals surface area (Å²) in [6.45, 7) is 0. The van der Waals surface area contributed by atoms with Crippen molar-refractivity contribution < 1.29 is 4.79 Å². The van der Waals surface area contributed by atoms with E-state index in [1.165, 1.54) is 24.8 Å². The molecule has 2 aromatic carbocycles. The standard InChI is InChI=1S/C23H25NO/c25-21(19-7-3-1-4-8-19)24-23-14-17-11-18(15-23)13-22(12-17,16-23)20-9-5-2-6-10-20/h1-10,17-18H,11-16H2,(H,24,25)/t17-,18-,22?,23?/m0/s1. The summed E-state index contributed by atoms with van der Waals surface area (Å²) < 4.78 is 0. The van der Waals surface area contributed by atoms with Gasteiger partial charge in [0.15, 0.2) is 0 Å². The van der Waals surface area contributed by atoms with E-state index in [1.54, 1.807) is 0 Å². The first-order chi connectivity index (χ1) is 12.2. The van der Waals surface area contributed by atoms with Gasteiger partial charge in [0, 0.05) is 11.1 Å². The van der Waals surface area contributed by atoms with Crippen LogP contribution in [-0.4, -0.2) is 11.4 Å². The molecule has 2 aromatic rings. The van der Waals surface area contributed by atoms with Crippen LogP contribution in [0.15, 0.2) is 60.7 Å². The Morgan fingerprint density at radius 3 is 2.08 bits per heavy atom. The van der Waals surface area contributed by atoms with Gasteiger partial charge >= 0.3 is 0 Å². The topological polar surface area (TPSA) is 29.1 Å². The molecule has 1 N–H and O–H groups in total. The van der Waals surface area contributed by atoms with Crippen molar-refractivity contribution in [1.82, 2.24) is 5.32 Å². The van der Waals surface area contributed by atoms with E-state index < -0.39 is 0 Å². The Morgan fingerprint density at radius 2 is 1.44 bits per heavy atom. The van der Waals surface area contributed by atoms with Crippen molar-refractivity contribution in [1.29, 1.82) is 0 Å². The molecule has 25 heavy (non-hydrogen) atoms. The average molecular weight is 331 g/mol. The van der Waals surface area contributed by atoms with Crippen molar-refractivity contribution in [3.8, 4) is 0 Å². The fourth-order valence-electron chi connectivity index (χ4n) is 6.44. The van der Waals surface area contributed by atoms with Crippen molar-refractivity contribution in [3.63, 3.8) is 0 Å². The van der Waals surface area contributed by atoms with E-state index >= 15 is 0 Å². The molecule has 2 atom stereocenters. The van der Waals surface area contributed by atoms with Crippen molar-refractivity contribution in [2.75, 3.05) is 0 Å². The maximum Gasteiger partial charge on any atom is 0.251 e. The molecule has 4 aliphatic rings. The molecule has 4 aliphatic carbocycles. The number of rotatable bonds is 3. The molecule has 2 nitrogen and oxygen atoms in total. The van der Waals surface area contributed by atoms with E-state index in [0.717, 1.165) is 36.7 Å². The van der Waals surface area contributed by atoms with Crippen LogP contribution in [-0.2, 0) is 5.41 Å². The highest BCUT2D eigenvalue weighted by atomic mass is 16.1. The summed E-state index contributed by atoms with van der Waals surface area (Å²) in [5.74, 6) is 1.63. The zero-order chi connectivity index (χ0) is 16.9. The molecular formula is C23H25NO. The lowest BCUT2D eigenvalue weighted by atomic mass is 9.45. The van der Waals surface area contributed by atoms with E-state index in [4.69, 9.17) is 0 Å². The van der Waals surface area contributed by atoms with Crippen LogP contribution in [0.5, 0.6) is 0 Å². The maximum absolute atomic E-state index is 12.9. The second kappa shape index (κ2) is 5.45. The van der Waals surface area contributed by atoms with Crippen LogP contribution < -0.4 is 5.32 Å². The van der Waals surface area contributed by atoms with Gasteiger partial charge in [0.05, 0.1) is 0 Å². The van der Waals surface area contributed by atoms with E-state index in [2.05, 4.69) is 35.6 Å². The van der Waals surface area contributed by atoms with Crippen LogP contribution in [0.1, 0.15) is 54.4 Å². The molecular weight excluding hydrogens is 306 g/mol. The van der Waals surface area contributed by atoms with E-state index in [0.29, 0.717) is 0 Å². The maximum atomic E-state index is 12.9. The normalized spacial score (nSPS) is 35.5. The predicted molar refractivity (Wildman–Crippen MR) is 99.4 cm³/mol. The minimum Gasteiger partial charge on any atom is -0.347 e. The summed E-state index contributed by atoms with van der Waals surface area (Å²) in [7, 11) is 0. The number of hydrogen-bond acceptors (Lipinski definition) is 1. The first-order valence-corrected chi connectivity index (χ1v) is 9.60. The number of nitrogens with one attached hydrogen (secondary N) is 1. The SMILES string of the molecule is O=C(NC12C[C@H]3C[C@H](C1)CC(c1ccccc1)(C3)C2)c1ccccc1. The van der Waals surface area contributed by atoms with Crippen LogP contribution in [0.2, 0.25) is 0 Å². The Morgan fingerprint density at radius 1 is 0.840 bits per heavy atom. The number of carbonyl (C=O) groups excluding carboxylic acids is 1. The average Bonchev–Trinajstić information content (AvgIpc) is 2.62. The molecule has 2 heteroatoms. The predicted octanol–water partition coefficient (Wildman–Crippen LogP) is 4.71. The highest BCUT2D eigenvalue weighted by Crippen LogP contribution is 2.62. The van der Waals surface area contributed by atoms with Gasteiger partial charge in [-0.2, -0.15) is 0 Å². The van der Waals surface area contributed by atoms with Gasteiger partial charge in [-0.15, -0.1) is 0 Å². The first kappa shape index (κ1) is 15.2. The number of benzene rings is 2. The molecule has 4 saturated carbocycles. The van der Waals surface area contributed by atoms with Crippen molar-refractivity contribution in [3.05, 3.63) is 71.8 Å². The molecule has 128 valence electrons. The molecule has 0 spiro atoms. The second-order valence-electron chi connectivity index (χ2n) is 8.71.